The molecule has 4 rings (SSSR count). The molecule has 2 aliphatic heterocycles. The maximum Gasteiger partial charge on any atom is 0.313 e. The normalized spacial score (nSPS) is 39.0. The number of carbonyl (C=O) groups excluding carboxylic acids is 4. The van der Waals surface area contributed by atoms with Crippen LogP contribution in [-0.2, 0) is 28.7 Å². The molecule has 270 valence electrons. The quantitative estimate of drug-likeness (QED) is 0.239. The predicted molar refractivity (Wildman–Crippen MR) is 189 cm³/mol. The fraction of sp³-hybridized carbons (Fsp3) is 0.659. The standard InChI is InChI=1S/C41H58O8/c1-23(2)29-20-33(42)26(5)12-10-11-24(3)18-34(43)32-19-28(7)30-21-37(45)40(8,47)38-16-14-27(6)36(49-38)15-13-25(4)17-31(30)41(32,22-35(29)44)39(46)48-9/h12,14,17-18,23,29,31-32,36-38,45,47H,10-11,13,15-16,19-22H2,1-9H3/b24-18+,25-17+,26-12+/t29-,31?,32+,36-,37-,38+,40-,41-/m0/s1. The van der Waals surface area contributed by atoms with Crippen LogP contribution >= 0.6 is 0 Å². The summed E-state index contributed by atoms with van der Waals surface area (Å²) < 4.78 is 12.0. The summed E-state index contributed by atoms with van der Waals surface area (Å²) >= 11 is 0. The Morgan fingerprint density at radius 3 is 2.35 bits per heavy atom. The van der Waals surface area contributed by atoms with Crippen molar-refractivity contribution in [1.82, 2.24) is 0 Å². The van der Waals surface area contributed by atoms with Crippen molar-refractivity contribution >= 4 is 23.3 Å². The lowest BCUT2D eigenvalue weighted by molar-refractivity contribution is -0.173. The number of methoxy groups -OCH3 is 1. The van der Waals surface area contributed by atoms with Gasteiger partial charge in [-0.2, -0.15) is 0 Å². The smallest absolute Gasteiger partial charge is 0.313 e. The van der Waals surface area contributed by atoms with Crippen LogP contribution in [0.1, 0.15) is 113 Å². The number of ether oxygens (including phenoxy) is 2. The number of aliphatic hydroxyl groups excluding tert-OH is 1. The molecule has 49 heavy (non-hydrogen) atoms. The molecule has 0 aromatic heterocycles. The molecular formula is C41H58O8. The van der Waals surface area contributed by atoms with Crippen LogP contribution in [0.2, 0.25) is 0 Å². The molecule has 0 amide bonds. The van der Waals surface area contributed by atoms with Gasteiger partial charge in [-0.1, -0.05) is 54.4 Å². The first kappa shape index (κ1) is 38.9. The number of allylic oxidation sites excluding steroid dienone is 7. The molecule has 2 bridgehead atoms. The third kappa shape index (κ3) is 8.02. The Morgan fingerprint density at radius 1 is 1.00 bits per heavy atom. The molecule has 8 heteroatoms. The predicted octanol–water partition coefficient (Wildman–Crippen LogP) is 6.89. The van der Waals surface area contributed by atoms with Crippen molar-refractivity contribution < 1.29 is 38.9 Å². The minimum atomic E-state index is -1.64. The zero-order valence-corrected chi connectivity index (χ0v) is 31.1. The van der Waals surface area contributed by atoms with Crippen LogP contribution in [0.4, 0.5) is 0 Å². The maximum absolute atomic E-state index is 14.6. The van der Waals surface area contributed by atoms with Crippen LogP contribution in [0.15, 0.2) is 57.7 Å². The molecule has 0 saturated heterocycles. The van der Waals surface area contributed by atoms with Gasteiger partial charge in [0, 0.05) is 30.6 Å². The van der Waals surface area contributed by atoms with Crippen molar-refractivity contribution in [1.29, 1.82) is 0 Å². The van der Waals surface area contributed by atoms with E-state index in [4.69, 9.17) is 9.47 Å². The Bertz CT molecular complexity index is 1490. The number of esters is 1. The number of fused-ring (bicyclic) bond motifs is 5. The second-order valence-electron chi connectivity index (χ2n) is 15.8. The van der Waals surface area contributed by atoms with E-state index in [0.717, 1.165) is 22.3 Å². The average molecular weight is 679 g/mol. The second-order valence-corrected chi connectivity index (χ2v) is 15.8. The number of ketones is 3. The van der Waals surface area contributed by atoms with Gasteiger partial charge in [0.2, 0.25) is 0 Å². The Morgan fingerprint density at radius 2 is 1.69 bits per heavy atom. The summed E-state index contributed by atoms with van der Waals surface area (Å²) in [6.45, 7) is 15.0. The molecule has 4 aliphatic rings. The lowest BCUT2D eigenvalue weighted by atomic mass is 9.53. The Hall–Kier alpha value is -2.94. The molecule has 1 unspecified atom stereocenters. The Labute approximate surface area is 292 Å². The van der Waals surface area contributed by atoms with Gasteiger partial charge < -0.3 is 19.7 Å². The topological polar surface area (TPSA) is 127 Å². The molecule has 0 radical (unpaired) electrons. The molecule has 8 atom stereocenters. The van der Waals surface area contributed by atoms with Crippen molar-refractivity contribution in [3.8, 4) is 0 Å². The van der Waals surface area contributed by atoms with E-state index in [9.17, 15) is 29.4 Å². The van der Waals surface area contributed by atoms with Gasteiger partial charge in [0.1, 0.15) is 11.4 Å². The fourth-order valence-electron chi connectivity index (χ4n) is 8.44. The summed E-state index contributed by atoms with van der Waals surface area (Å²) in [5, 5.41) is 23.6. The minimum Gasteiger partial charge on any atom is -0.469 e. The fourth-order valence-corrected chi connectivity index (χ4v) is 8.44. The summed E-state index contributed by atoms with van der Waals surface area (Å²) in [6.07, 6.45) is 8.15. The largest absolute Gasteiger partial charge is 0.469 e. The van der Waals surface area contributed by atoms with E-state index >= 15 is 0 Å². The van der Waals surface area contributed by atoms with E-state index in [0.29, 0.717) is 43.3 Å². The van der Waals surface area contributed by atoms with Gasteiger partial charge >= 0.3 is 5.97 Å². The molecule has 0 spiro atoms. The van der Waals surface area contributed by atoms with Crippen LogP contribution in [-0.4, -0.2) is 64.6 Å². The first-order valence-electron chi connectivity index (χ1n) is 18.0. The van der Waals surface area contributed by atoms with Crippen LogP contribution in [0.3, 0.4) is 0 Å². The van der Waals surface area contributed by atoms with Crippen molar-refractivity contribution in [2.75, 3.05) is 7.11 Å². The van der Waals surface area contributed by atoms with Crippen LogP contribution in [0.5, 0.6) is 0 Å². The highest BCUT2D eigenvalue weighted by atomic mass is 16.5. The Kier molecular flexibility index (Phi) is 12.3. The molecule has 8 nitrogen and oxygen atoms in total. The number of aliphatic hydroxyl groups is 2. The van der Waals surface area contributed by atoms with Crippen LogP contribution in [0, 0.1) is 29.1 Å². The molecule has 0 aromatic carbocycles. The number of Topliss-reactive ketones (excluding diaryl/α,β-unsaturated/α-hetero) is 2. The van der Waals surface area contributed by atoms with Crippen LogP contribution < -0.4 is 0 Å². The van der Waals surface area contributed by atoms with Gasteiger partial charge in [0.25, 0.3) is 0 Å². The number of hydrogen-bond acceptors (Lipinski definition) is 8. The number of hydrogen-bond donors (Lipinski definition) is 2. The van der Waals surface area contributed by atoms with E-state index in [1.54, 1.807) is 19.9 Å². The highest BCUT2D eigenvalue weighted by molar-refractivity contribution is 6.02. The number of rotatable bonds is 2. The Balaban J connectivity index is 2.00. The summed E-state index contributed by atoms with van der Waals surface area (Å²) in [4.78, 5) is 57.1. The summed E-state index contributed by atoms with van der Waals surface area (Å²) in [5.41, 5.74) is 1.73. The van der Waals surface area contributed by atoms with Crippen molar-refractivity contribution in [3.63, 3.8) is 0 Å². The third-order valence-corrected chi connectivity index (χ3v) is 11.9. The molecule has 0 saturated carbocycles. The van der Waals surface area contributed by atoms with E-state index in [2.05, 4.69) is 6.08 Å². The lowest BCUT2D eigenvalue weighted by Gasteiger charge is -2.49. The first-order valence-corrected chi connectivity index (χ1v) is 18.0. The lowest BCUT2D eigenvalue weighted by Crippen LogP contribution is -2.55. The van der Waals surface area contributed by atoms with Crippen molar-refractivity contribution in [2.45, 2.75) is 137 Å². The highest BCUT2D eigenvalue weighted by Gasteiger charge is 2.59. The maximum atomic E-state index is 14.6. The molecule has 2 aliphatic carbocycles. The molecular weight excluding hydrogens is 620 g/mol. The van der Waals surface area contributed by atoms with Gasteiger partial charge in [-0.25, -0.2) is 0 Å². The van der Waals surface area contributed by atoms with E-state index in [1.165, 1.54) is 7.11 Å². The molecule has 2 N–H and O–H groups in total. The van der Waals surface area contributed by atoms with Gasteiger partial charge in [0.05, 0.1) is 30.8 Å². The summed E-state index contributed by atoms with van der Waals surface area (Å²) in [7, 11) is 1.29. The van der Waals surface area contributed by atoms with E-state index in [1.807, 2.05) is 53.7 Å². The average Bonchev–Trinajstić information content (AvgIpc) is 3.03. The monoisotopic (exact) mass is 678 g/mol. The van der Waals surface area contributed by atoms with Gasteiger partial charge in [-0.15, -0.1) is 0 Å². The SMILES string of the molecule is COC(=O)[C@]12CC(=O)[C@H](C(C)C)CC(=O)/C(C)=C/CC/C(C)=C/C(=O)[C@H]1CC(C)=C1C[C@H](O)[C@](C)(O)[C@H]3CC=C(C)[C@H](CC/C(C)=C/C12)O3. The van der Waals surface area contributed by atoms with Gasteiger partial charge in [-0.05, 0) is 110 Å². The second kappa shape index (κ2) is 15.5. The highest BCUT2D eigenvalue weighted by Crippen LogP contribution is 2.55. The molecule has 0 fully saturated rings. The van der Waals surface area contributed by atoms with Crippen LogP contribution in [0.25, 0.3) is 0 Å². The first-order chi connectivity index (χ1) is 22.9. The summed E-state index contributed by atoms with van der Waals surface area (Å²) in [5.74, 6) is -3.81. The zero-order chi connectivity index (χ0) is 36.4. The van der Waals surface area contributed by atoms with Crippen molar-refractivity contribution in [3.05, 3.63) is 57.7 Å². The molecule has 0 aromatic rings. The van der Waals surface area contributed by atoms with E-state index < -0.39 is 46.9 Å². The molecule has 2 heterocycles. The summed E-state index contributed by atoms with van der Waals surface area (Å²) in [6, 6.07) is 0. The van der Waals surface area contributed by atoms with Gasteiger partial charge in [0.15, 0.2) is 11.6 Å². The van der Waals surface area contributed by atoms with E-state index in [-0.39, 0.29) is 55.1 Å². The van der Waals surface area contributed by atoms with Crippen molar-refractivity contribution in [2.24, 2.45) is 29.1 Å². The minimum absolute atomic E-state index is 0.0132. The number of carbonyl (C=O) groups is 4. The zero-order valence-electron chi connectivity index (χ0n) is 31.1. The third-order valence-electron chi connectivity index (χ3n) is 11.9. The van der Waals surface area contributed by atoms with Gasteiger partial charge in [-0.3, -0.25) is 19.2 Å².